The summed E-state index contributed by atoms with van der Waals surface area (Å²) in [6.45, 7) is 7.15. The molecular weight excluding hydrogens is 444 g/mol. The highest BCUT2D eigenvalue weighted by molar-refractivity contribution is 7.80. The molecule has 0 fully saturated rings. The molecule has 1 aliphatic heterocycles. The lowest BCUT2D eigenvalue weighted by atomic mass is 9.94. The van der Waals surface area contributed by atoms with E-state index in [1.807, 2.05) is 55.5 Å². The lowest BCUT2D eigenvalue weighted by Gasteiger charge is -2.38. The third-order valence-corrected chi connectivity index (χ3v) is 5.92. The van der Waals surface area contributed by atoms with Crippen LogP contribution in [0.5, 0.6) is 5.75 Å². The van der Waals surface area contributed by atoms with Crippen molar-refractivity contribution in [2.45, 2.75) is 26.8 Å². The van der Waals surface area contributed by atoms with Crippen molar-refractivity contribution in [3.63, 3.8) is 0 Å². The molecule has 0 radical (unpaired) electrons. The van der Waals surface area contributed by atoms with Gasteiger partial charge in [-0.05, 0) is 54.9 Å². The molecule has 0 amide bonds. The van der Waals surface area contributed by atoms with Crippen molar-refractivity contribution in [3.05, 3.63) is 70.7 Å². The van der Waals surface area contributed by atoms with Crippen LogP contribution in [0.1, 0.15) is 38.3 Å². The fourth-order valence-corrected chi connectivity index (χ4v) is 4.22. The molecule has 1 aromatic heterocycles. The molecule has 2 aromatic carbocycles. The van der Waals surface area contributed by atoms with Gasteiger partial charge in [-0.2, -0.15) is 4.98 Å². The Labute approximate surface area is 198 Å². The van der Waals surface area contributed by atoms with Gasteiger partial charge in [-0.3, -0.25) is 0 Å². The quantitative estimate of drug-likeness (QED) is 0.464. The van der Waals surface area contributed by atoms with Gasteiger partial charge in [0.1, 0.15) is 5.75 Å². The zero-order valence-corrected chi connectivity index (χ0v) is 20.0. The van der Waals surface area contributed by atoms with Gasteiger partial charge in [-0.1, -0.05) is 54.9 Å². The molecule has 2 heterocycles. The molecule has 0 saturated carbocycles. The predicted molar refractivity (Wildman–Crippen MR) is 130 cm³/mol. The maximum Gasteiger partial charge on any atom is 0.258 e. The van der Waals surface area contributed by atoms with Crippen LogP contribution in [0.3, 0.4) is 0 Å². The molecule has 1 unspecified atom stereocenters. The Morgan fingerprint density at radius 2 is 1.97 bits per heavy atom. The Balaban J connectivity index is 1.80. The third kappa shape index (κ3) is 4.49. The van der Waals surface area contributed by atoms with Gasteiger partial charge in [-0.15, -0.1) is 0 Å². The normalized spacial score (nSPS) is 16.5. The maximum atomic E-state index is 6.12. The Morgan fingerprint density at radius 1 is 1.22 bits per heavy atom. The topological polar surface area (TPSA) is 63.4 Å². The summed E-state index contributed by atoms with van der Waals surface area (Å²) in [5.41, 5.74) is 3.71. The first kappa shape index (κ1) is 22.3. The van der Waals surface area contributed by atoms with E-state index in [-0.39, 0.29) is 6.04 Å². The molecular formula is C24H25ClN4O2S. The summed E-state index contributed by atoms with van der Waals surface area (Å²) in [7, 11) is 1.63. The first-order chi connectivity index (χ1) is 15.4. The highest BCUT2D eigenvalue weighted by Gasteiger charge is 2.34. The molecule has 0 aliphatic carbocycles. The van der Waals surface area contributed by atoms with Crippen LogP contribution in [0.2, 0.25) is 5.02 Å². The van der Waals surface area contributed by atoms with Gasteiger partial charge >= 0.3 is 0 Å². The molecule has 1 atom stereocenters. The number of thiocarbonyl (C=S) groups is 1. The van der Waals surface area contributed by atoms with Gasteiger partial charge in [0, 0.05) is 22.8 Å². The number of benzene rings is 2. The standard InChI is InChI=1S/C24H25ClN4O2S/c1-14(2)13-29-15(3)20(21(26-24(29)32)16-8-10-18(25)11-9-16)23-27-22(28-31-23)17-6-5-7-19(12-17)30-4/h5-12,14,21H,13H2,1-4H3,(H,26,32). The summed E-state index contributed by atoms with van der Waals surface area (Å²) in [6.07, 6.45) is 0. The van der Waals surface area contributed by atoms with Gasteiger partial charge in [0.25, 0.3) is 5.89 Å². The van der Waals surface area contributed by atoms with Crippen LogP contribution in [-0.2, 0) is 0 Å². The van der Waals surface area contributed by atoms with E-state index in [0.717, 1.165) is 34.7 Å². The number of ether oxygens (including phenoxy) is 1. The van der Waals surface area contributed by atoms with Crippen molar-refractivity contribution >= 4 is 34.5 Å². The smallest absolute Gasteiger partial charge is 0.258 e. The SMILES string of the molecule is COc1cccc(-c2noc(C3=C(C)N(CC(C)C)C(=S)NC3c3ccc(Cl)cc3)n2)c1. The van der Waals surface area contributed by atoms with Crippen LogP contribution in [-0.4, -0.2) is 33.8 Å². The molecule has 0 saturated heterocycles. The molecule has 32 heavy (non-hydrogen) atoms. The van der Waals surface area contributed by atoms with Crippen LogP contribution in [0.15, 0.2) is 58.8 Å². The second-order valence-corrected chi connectivity index (χ2v) is 8.92. The predicted octanol–water partition coefficient (Wildman–Crippen LogP) is 5.72. The molecule has 4 rings (SSSR count). The Hall–Kier alpha value is -2.90. The molecule has 0 spiro atoms. The average molecular weight is 469 g/mol. The molecule has 1 N–H and O–H groups in total. The summed E-state index contributed by atoms with van der Waals surface area (Å²) in [5.74, 6) is 2.10. The Bertz CT molecular complexity index is 1160. The molecule has 166 valence electrons. The zero-order valence-electron chi connectivity index (χ0n) is 18.4. The molecule has 1 aliphatic rings. The molecule has 8 heteroatoms. The number of hydrogen-bond acceptors (Lipinski definition) is 5. The van der Waals surface area contributed by atoms with Gasteiger partial charge in [-0.25, -0.2) is 0 Å². The van der Waals surface area contributed by atoms with Crippen LogP contribution in [0.4, 0.5) is 0 Å². The van der Waals surface area contributed by atoms with Crippen molar-refractivity contribution in [2.24, 2.45) is 5.92 Å². The number of allylic oxidation sites excluding steroid dienone is 1. The fraction of sp³-hybridized carbons (Fsp3) is 0.292. The van der Waals surface area contributed by atoms with E-state index in [4.69, 9.17) is 38.1 Å². The van der Waals surface area contributed by atoms with Crippen molar-refractivity contribution in [3.8, 4) is 17.1 Å². The van der Waals surface area contributed by atoms with E-state index in [0.29, 0.717) is 27.8 Å². The summed E-state index contributed by atoms with van der Waals surface area (Å²) < 4.78 is 11.1. The monoisotopic (exact) mass is 468 g/mol. The lowest BCUT2D eigenvalue weighted by molar-refractivity contribution is 0.386. The van der Waals surface area contributed by atoms with Gasteiger partial charge < -0.3 is 19.5 Å². The second kappa shape index (κ2) is 9.30. The minimum absolute atomic E-state index is 0.234. The highest BCUT2D eigenvalue weighted by Crippen LogP contribution is 2.38. The van der Waals surface area contributed by atoms with Crippen LogP contribution < -0.4 is 10.1 Å². The van der Waals surface area contributed by atoms with E-state index < -0.39 is 0 Å². The Morgan fingerprint density at radius 3 is 2.66 bits per heavy atom. The van der Waals surface area contributed by atoms with E-state index in [1.165, 1.54) is 0 Å². The molecule has 3 aromatic rings. The van der Waals surface area contributed by atoms with Crippen molar-refractivity contribution < 1.29 is 9.26 Å². The number of methoxy groups -OCH3 is 1. The first-order valence-corrected chi connectivity index (χ1v) is 11.2. The zero-order chi connectivity index (χ0) is 22.8. The number of rotatable bonds is 6. The number of hydrogen-bond donors (Lipinski definition) is 1. The minimum atomic E-state index is -0.234. The van der Waals surface area contributed by atoms with Crippen molar-refractivity contribution in [1.82, 2.24) is 20.4 Å². The van der Waals surface area contributed by atoms with E-state index in [1.54, 1.807) is 7.11 Å². The fourth-order valence-electron chi connectivity index (χ4n) is 3.76. The number of nitrogens with one attached hydrogen (secondary N) is 1. The van der Waals surface area contributed by atoms with E-state index >= 15 is 0 Å². The van der Waals surface area contributed by atoms with Crippen molar-refractivity contribution in [1.29, 1.82) is 0 Å². The van der Waals surface area contributed by atoms with E-state index in [9.17, 15) is 0 Å². The third-order valence-electron chi connectivity index (χ3n) is 5.33. The van der Waals surface area contributed by atoms with Gasteiger partial charge in [0.05, 0.1) is 18.7 Å². The van der Waals surface area contributed by atoms with Crippen LogP contribution in [0, 0.1) is 5.92 Å². The van der Waals surface area contributed by atoms with E-state index in [2.05, 4.69) is 29.2 Å². The van der Waals surface area contributed by atoms with Crippen LogP contribution >= 0.6 is 23.8 Å². The largest absolute Gasteiger partial charge is 0.497 e. The first-order valence-electron chi connectivity index (χ1n) is 10.4. The van der Waals surface area contributed by atoms with Crippen LogP contribution in [0.25, 0.3) is 17.0 Å². The number of nitrogens with zero attached hydrogens (tertiary/aromatic N) is 3. The number of halogens is 1. The summed E-state index contributed by atoms with van der Waals surface area (Å²) in [4.78, 5) is 6.83. The highest BCUT2D eigenvalue weighted by atomic mass is 35.5. The lowest BCUT2D eigenvalue weighted by Crippen LogP contribution is -2.47. The Kier molecular flexibility index (Phi) is 6.48. The average Bonchev–Trinajstić information content (AvgIpc) is 3.26. The second-order valence-electron chi connectivity index (χ2n) is 8.09. The van der Waals surface area contributed by atoms with Gasteiger partial charge in [0.2, 0.25) is 5.82 Å². The molecule has 0 bridgehead atoms. The maximum absolute atomic E-state index is 6.12. The molecule has 6 nitrogen and oxygen atoms in total. The number of aromatic nitrogens is 2. The summed E-state index contributed by atoms with van der Waals surface area (Å²) in [6, 6.07) is 15.0. The summed E-state index contributed by atoms with van der Waals surface area (Å²) >= 11 is 11.8. The van der Waals surface area contributed by atoms with Gasteiger partial charge in [0.15, 0.2) is 5.11 Å². The summed E-state index contributed by atoms with van der Waals surface area (Å²) in [5, 5.41) is 9.05. The van der Waals surface area contributed by atoms with Crippen molar-refractivity contribution in [2.75, 3.05) is 13.7 Å². The minimum Gasteiger partial charge on any atom is -0.497 e.